The van der Waals surface area contributed by atoms with Crippen molar-refractivity contribution in [3.8, 4) is 0 Å². The van der Waals surface area contributed by atoms with Gasteiger partial charge in [0.15, 0.2) is 0 Å². The molecular weight excluding hydrogens is 390 g/mol. The normalized spacial score (nSPS) is 11.4. The summed E-state index contributed by atoms with van der Waals surface area (Å²) in [6.45, 7) is 5.08. The Balaban J connectivity index is 2.33. The predicted octanol–water partition coefficient (Wildman–Crippen LogP) is 2.69. The van der Waals surface area contributed by atoms with Crippen LogP contribution in [-0.4, -0.2) is 26.3 Å². The lowest BCUT2D eigenvalue weighted by Crippen LogP contribution is -2.30. The summed E-state index contributed by atoms with van der Waals surface area (Å²) in [6.07, 6.45) is 0. The Kier molecular flexibility index (Phi) is 6.25. The van der Waals surface area contributed by atoms with Crippen LogP contribution in [0.4, 0.5) is 5.69 Å². The van der Waals surface area contributed by atoms with E-state index in [-0.39, 0.29) is 21.5 Å². The topological polar surface area (TPSA) is 118 Å². The summed E-state index contributed by atoms with van der Waals surface area (Å²) in [6, 6.07) is 8.22. The largest absolute Gasteiger partial charge is 0.366 e. The molecule has 2 amide bonds. The van der Waals surface area contributed by atoms with E-state index in [1.807, 2.05) is 0 Å². The van der Waals surface area contributed by atoms with Gasteiger partial charge in [0, 0.05) is 17.3 Å². The monoisotopic (exact) mass is 409 g/mol. The van der Waals surface area contributed by atoms with Gasteiger partial charge in [0.1, 0.15) is 0 Å². The third-order valence-corrected chi connectivity index (χ3v) is 5.62. The quantitative estimate of drug-likeness (QED) is 0.679. The van der Waals surface area contributed by atoms with Crippen LogP contribution in [0.1, 0.15) is 40.1 Å². The number of rotatable bonds is 6. The van der Waals surface area contributed by atoms with Crippen molar-refractivity contribution in [2.75, 3.05) is 5.32 Å². The molecule has 2 aromatic carbocycles. The lowest BCUT2D eigenvalue weighted by molar-refractivity contribution is 0.0997. The summed E-state index contributed by atoms with van der Waals surface area (Å²) in [5, 5.41) is 2.75. The van der Waals surface area contributed by atoms with Gasteiger partial charge in [-0.05, 0) is 62.7 Å². The number of carbonyl (C=O) groups excluding carboxylic acids is 2. The van der Waals surface area contributed by atoms with E-state index < -0.39 is 21.8 Å². The van der Waals surface area contributed by atoms with Crippen LogP contribution in [0.5, 0.6) is 0 Å². The molecule has 0 aliphatic rings. The number of primary amides is 1. The lowest BCUT2D eigenvalue weighted by Gasteiger charge is -2.12. The van der Waals surface area contributed by atoms with Crippen LogP contribution in [0.25, 0.3) is 0 Å². The van der Waals surface area contributed by atoms with E-state index in [1.165, 1.54) is 30.3 Å². The number of amides is 2. The molecule has 144 valence electrons. The number of sulfonamides is 1. The zero-order valence-corrected chi connectivity index (χ0v) is 16.6. The molecule has 9 heteroatoms. The molecule has 0 saturated heterocycles. The summed E-state index contributed by atoms with van der Waals surface area (Å²) in [7, 11) is -3.77. The second-order valence-electron chi connectivity index (χ2n) is 6.27. The van der Waals surface area contributed by atoms with Crippen LogP contribution in [0.15, 0.2) is 41.3 Å². The first-order valence-electron chi connectivity index (χ1n) is 8.05. The van der Waals surface area contributed by atoms with Crippen LogP contribution in [0, 0.1) is 6.92 Å². The maximum atomic E-state index is 12.6. The minimum Gasteiger partial charge on any atom is -0.366 e. The first-order chi connectivity index (χ1) is 12.5. The predicted molar refractivity (Wildman–Crippen MR) is 105 cm³/mol. The zero-order valence-electron chi connectivity index (χ0n) is 15.0. The maximum absolute atomic E-state index is 12.6. The Labute approximate surface area is 163 Å². The molecule has 0 radical (unpaired) electrons. The second kappa shape index (κ2) is 8.08. The van der Waals surface area contributed by atoms with Gasteiger partial charge < -0.3 is 11.1 Å². The zero-order chi connectivity index (χ0) is 20.4. The summed E-state index contributed by atoms with van der Waals surface area (Å²) in [5.41, 5.74) is 6.65. The molecule has 2 rings (SSSR count). The number of aryl methyl sites for hydroxylation is 1. The molecule has 0 aromatic heterocycles. The van der Waals surface area contributed by atoms with Crippen molar-refractivity contribution in [2.24, 2.45) is 5.73 Å². The van der Waals surface area contributed by atoms with E-state index in [0.29, 0.717) is 16.8 Å². The summed E-state index contributed by atoms with van der Waals surface area (Å²) in [5.74, 6) is -1.14. The molecule has 0 saturated carbocycles. The molecular formula is C18H20ClN3O4S. The highest BCUT2D eigenvalue weighted by atomic mass is 35.5. The van der Waals surface area contributed by atoms with Gasteiger partial charge in [-0.3, -0.25) is 9.59 Å². The second-order valence-corrected chi connectivity index (χ2v) is 8.39. The van der Waals surface area contributed by atoms with Crippen molar-refractivity contribution < 1.29 is 18.0 Å². The Morgan fingerprint density at radius 3 is 2.30 bits per heavy atom. The van der Waals surface area contributed by atoms with Gasteiger partial charge in [0.2, 0.25) is 15.9 Å². The summed E-state index contributed by atoms with van der Waals surface area (Å²) >= 11 is 6.07. The third kappa shape index (κ3) is 5.06. The molecule has 7 nitrogen and oxygen atoms in total. The number of anilines is 1. The number of benzene rings is 2. The Hall–Kier alpha value is -2.42. The maximum Gasteiger partial charge on any atom is 0.257 e. The smallest absolute Gasteiger partial charge is 0.257 e. The molecule has 4 N–H and O–H groups in total. The van der Waals surface area contributed by atoms with Crippen LogP contribution in [0.3, 0.4) is 0 Å². The van der Waals surface area contributed by atoms with E-state index in [9.17, 15) is 18.0 Å². The van der Waals surface area contributed by atoms with E-state index in [0.717, 1.165) is 0 Å². The minimum atomic E-state index is -3.77. The van der Waals surface area contributed by atoms with Crippen molar-refractivity contribution in [2.45, 2.75) is 31.7 Å². The van der Waals surface area contributed by atoms with E-state index in [1.54, 1.807) is 26.8 Å². The molecule has 0 fully saturated rings. The average molecular weight is 410 g/mol. The molecule has 2 aromatic rings. The van der Waals surface area contributed by atoms with Gasteiger partial charge in [-0.25, -0.2) is 13.1 Å². The van der Waals surface area contributed by atoms with Crippen LogP contribution >= 0.6 is 11.6 Å². The third-order valence-electron chi connectivity index (χ3n) is 3.63. The fraction of sp³-hybridized carbons (Fsp3) is 0.222. The summed E-state index contributed by atoms with van der Waals surface area (Å²) < 4.78 is 27.1. The first kappa shape index (κ1) is 20.9. The SMILES string of the molecule is Cc1cc(NC(=O)c2cc(S(=O)(=O)NC(C)C)ccc2Cl)ccc1C(N)=O. The molecule has 0 spiro atoms. The molecule has 0 heterocycles. The van der Waals surface area contributed by atoms with Gasteiger partial charge in [0.05, 0.1) is 15.5 Å². The minimum absolute atomic E-state index is 0.0138. The van der Waals surface area contributed by atoms with Crippen LogP contribution in [-0.2, 0) is 10.0 Å². The van der Waals surface area contributed by atoms with Crippen molar-refractivity contribution in [1.29, 1.82) is 0 Å². The van der Waals surface area contributed by atoms with E-state index >= 15 is 0 Å². The summed E-state index contributed by atoms with van der Waals surface area (Å²) in [4.78, 5) is 23.8. The number of hydrogen-bond donors (Lipinski definition) is 3. The highest BCUT2D eigenvalue weighted by Crippen LogP contribution is 2.23. The Bertz CT molecular complexity index is 1000. The molecule has 0 aliphatic heterocycles. The highest BCUT2D eigenvalue weighted by molar-refractivity contribution is 7.89. The molecule has 27 heavy (non-hydrogen) atoms. The standard InChI is InChI=1S/C18H20ClN3O4S/c1-10(2)22-27(25,26)13-5-7-16(19)15(9-13)18(24)21-12-4-6-14(17(20)23)11(3)8-12/h4-10,22H,1-3H3,(H2,20,23)(H,21,24). The first-order valence-corrected chi connectivity index (χ1v) is 9.91. The van der Waals surface area contributed by atoms with Gasteiger partial charge >= 0.3 is 0 Å². The average Bonchev–Trinajstić information content (AvgIpc) is 2.53. The number of halogens is 1. The number of nitrogens with two attached hydrogens (primary N) is 1. The van der Waals surface area contributed by atoms with Crippen molar-refractivity contribution in [3.63, 3.8) is 0 Å². The van der Waals surface area contributed by atoms with Crippen LogP contribution < -0.4 is 15.8 Å². The molecule has 0 bridgehead atoms. The van der Waals surface area contributed by atoms with Crippen LogP contribution in [0.2, 0.25) is 5.02 Å². The number of nitrogens with one attached hydrogen (secondary N) is 2. The van der Waals surface area contributed by atoms with Crippen molar-refractivity contribution >= 4 is 39.1 Å². The van der Waals surface area contributed by atoms with E-state index in [4.69, 9.17) is 17.3 Å². The molecule has 0 aliphatic carbocycles. The fourth-order valence-electron chi connectivity index (χ4n) is 2.44. The number of carbonyl (C=O) groups is 2. The molecule has 0 atom stereocenters. The number of hydrogen-bond acceptors (Lipinski definition) is 4. The van der Waals surface area contributed by atoms with Crippen molar-refractivity contribution in [3.05, 3.63) is 58.1 Å². The van der Waals surface area contributed by atoms with E-state index in [2.05, 4.69) is 10.0 Å². The van der Waals surface area contributed by atoms with Gasteiger partial charge in [-0.2, -0.15) is 0 Å². The van der Waals surface area contributed by atoms with Gasteiger partial charge in [-0.1, -0.05) is 11.6 Å². The lowest BCUT2D eigenvalue weighted by atomic mass is 10.1. The fourth-order valence-corrected chi connectivity index (χ4v) is 3.92. The Morgan fingerprint density at radius 1 is 1.07 bits per heavy atom. The Morgan fingerprint density at radius 2 is 1.74 bits per heavy atom. The van der Waals surface area contributed by atoms with Gasteiger partial charge in [0.25, 0.3) is 5.91 Å². The highest BCUT2D eigenvalue weighted by Gasteiger charge is 2.20. The molecule has 0 unspecified atom stereocenters. The van der Waals surface area contributed by atoms with Gasteiger partial charge in [-0.15, -0.1) is 0 Å². The van der Waals surface area contributed by atoms with Crippen molar-refractivity contribution in [1.82, 2.24) is 4.72 Å².